The molecular weight excluding hydrogens is 788 g/mol. The summed E-state index contributed by atoms with van der Waals surface area (Å²) in [7, 11) is 1.84. The van der Waals surface area contributed by atoms with Crippen molar-refractivity contribution in [1.29, 1.82) is 0 Å². The van der Waals surface area contributed by atoms with Crippen molar-refractivity contribution in [2.75, 3.05) is 51.3 Å². The Morgan fingerprint density at radius 1 is 0.885 bits per heavy atom. The molecule has 1 spiro atoms. The molecule has 3 amide bonds. The number of halogens is 1. The van der Waals surface area contributed by atoms with Gasteiger partial charge in [-0.15, -0.1) is 0 Å². The Morgan fingerprint density at radius 3 is 2.30 bits per heavy atom. The lowest BCUT2D eigenvalue weighted by Crippen LogP contribution is -2.46. The lowest BCUT2D eigenvalue weighted by Gasteiger charge is -2.43. The van der Waals surface area contributed by atoms with Gasteiger partial charge in [0, 0.05) is 66.5 Å². The zero-order valence-corrected chi connectivity index (χ0v) is 36.6. The van der Waals surface area contributed by atoms with E-state index in [4.69, 9.17) is 21.3 Å². The summed E-state index contributed by atoms with van der Waals surface area (Å²) in [5.41, 5.74) is 8.06. The molecule has 11 nitrogen and oxygen atoms in total. The molecule has 61 heavy (non-hydrogen) atoms. The lowest BCUT2D eigenvalue weighted by molar-refractivity contribution is -0.132. The first-order valence-electron chi connectivity index (χ1n) is 22.5. The second-order valence-corrected chi connectivity index (χ2v) is 19.3. The summed E-state index contributed by atoms with van der Waals surface area (Å²) in [6, 6.07) is 17.5. The number of benzene rings is 3. The first-order chi connectivity index (χ1) is 29.5. The quantitative estimate of drug-likeness (QED) is 0.190. The van der Waals surface area contributed by atoms with Gasteiger partial charge in [0.15, 0.2) is 6.29 Å². The van der Waals surface area contributed by atoms with Gasteiger partial charge in [0.1, 0.15) is 11.6 Å². The number of carbonyl (C=O) groups is 4. The molecule has 0 atom stereocenters. The maximum Gasteiger partial charge on any atom is 0.252 e. The Balaban J connectivity index is 0.000000537. The van der Waals surface area contributed by atoms with Crippen LogP contribution in [0.2, 0.25) is 5.02 Å². The van der Waals surface area contributed by atoms with Gasteiger partial charge < -0.3 is 19.9 Å². The van der Waals surface area contributed by atoms with E-state index in [1.165, 1.54) is 74.8 Å². The molecule has 3 aromatic carbocycles. The molecule has 7 aliphatic rings. The number of likely N-dealkylation sites (tertiary alicyclic amines) is 2. The number of nitrogens with one attached hydrogen (secondary N) is 2. The summed E-state index contributed by atoms with van der Waals surface area (Å²) >= 11 is 6.47. The average molecular weight is 848 g/mol. The number of ether oxygens (including phenoxy) is 1. The Hall–Kier alpha value is -4.58. The van der Waals surface area contributed by atoms with E-state index < -0.39 is 0 Å². The van der Waals surface area contributed by atoms with Crippen LogP contribution in [0.15, 0.2) is 53.5 Å². The molecule has 4 fully saturated rings. The number of carbonyl (C=O) groups excluding carboxylic acids is 4. The molecule has 0 aromatic heterocycles. The van der Waals surface area contributed by atoms with Crippen LogP contribution in [0.1, 0.15) is 133 Å². The zero-order chi connectivity index (χ0) is 42.5. The first kappa shape index (κ1) is 41.8. The molecule has 1 saturated carbocycles. The van der Waals surface area contributed by atoms with Crippen LogP contribution in [0.25, 0.3) is 0 Å². The number of aldehydes is 1. The molecule has 1 aliphatic carbocycles. The van der Waals surface area contributed by atoms with E-state index in [2.05, 4.69) is 63.4 Å². The van der Waals surface area contributed by atoms with Gasteiger partial charge in [-0.3, -0.25) is 34.4 Å². The molecular formula is C49H59ClN6O5. The highest BCUT2D eigenvalue weighted by Gasteiger charge is 2.46. The zero-order valence-electron chi connectivity index (χ0n) is 35.9. The monoisotopic (exact) mass is 846 g/mol. The predicted molar refractivity (Wildman–Crippen MR) is 239 cm³/mol. The molecule has 2 N–H and O–H groups in total. The molecule has 6 aliphatic heterocycles. The second-order valence-electron chi connectivity index (χ2n) is 18.9. The molecule has 3 aromatic rings. The molecule has 0 radical (unpaired) electrons. The number of aliphatic imine (C=N–C) groups is 1. The molecule has 3 saturated heterocycles. The number of amidine groups is 1. The van der Waals surface area contributed by atoms with Crippen LogP contribution in [0.5, 0.6) is 5.75 Å². The van der Waals surface area contributed by atoms with Crippen molar-refractivity contribution in [2.24, 2.45) is 10.9 Å². The van der Waals surface area contributed by atoms with Crippen molar-refractivity contribution >= 4 is 52.8 Å². The summed E-state index contributed by atoms with van der Waals surface area (Å²) in [5.74, 6) is 3.02. The van der Waals surface area contributed by atoms with Crippen molar-refractivity contribution in [1.82, 2.24) is 20.4 Å². The standard InChI is InChI=1S/C44H52ClN5O3.C5H7NO2/c1-43(2)36-23-30(9-14-39(36)50(42(43)46-3)38-6-4-5-37(45)34(38)26-51)29-15-19-49(20-16-29)31-10-7-28(8-11-31)25-48-21-17-44(18-22-48)27-53-40-33-24-47-41(52)32(33)12-13-35(40)44;7-4-2-1-3-5(8)6-4/h4-6,9,12-14,23,26,28-29,31H,7-8,10-11,15-22,24-25,27H2,1-3H3,(H,47,52);1-3H2,(H,6,7,8). The van der Waals surface area contributed by atoms with Crippen LogP contribution < -0.4 is 20.3 Å². The van der Waals surface area contributed by atoms with Crippen LogP contribution >= 0.6 is 11.6 Å². The normalized spacial score (nSPS) is 25.3. The highest BCUT2D eigenvalue weighted by molar-refractivity contribution is 6.34. The fourth-order valence-corrected chi connectivity index (χ4v) is 11.8. The summed E-state index contributed by atoms with van der Waals surface area (Å²) in [6.45, 7) is 11.7. The average Bonchev–Trinajstić information content (AvgIpc) is 3.90. The summed E-state index contributed by atoms with van der Waals surface area (Å²) in [6.07, 6.45) is 12.6. The Morgan fingerprint density at radius 2 is 1.62 bits per heavy atom. The number of nitrogens with zero attached hydrogens (tertiary/aromatic N) is 4. The number of anilines is 2. The van der Waals surface area contributed by atoms with E-state index in [0.29, 0.717) is 48.4 Å². The van der Waals surface area contributed by atoms with Crippen molar-refractivity contribution in [3.05, 3.63) is 86.9 Å². The predicted octanol–water partition coefficient (Wildman–Crippen LogP) is 7.83. The van der Waals surface area contributed by atoms with Gasteiger partial charge in [-0.1, -0.05) is 35.9 Å². The third-order valence-corrected chi connectivity index (χ3v) is 15.4. The minimum Gasteiger partial charge on any atom is -0.492 e. The Kier molecular flexibility index (Phi) is 11.6. The van der Waals surface area contributed by atoms with Crippen LogP contribution in [0.4, 0.5) is 11.4 Å². The van der Waals surface area contributed by atoms with Crippen molar-refractivity contribution in [2.45, 2.75) is 114 Å². The lowest BCUT2D eigenvalue weighted by atomic mass is 9.73. The molecule has 322 valence electrons. The maximum atomic E-state index is 12.2. The van der Waals surface area contributed by atoms with E-state index in [0.717, 1.165) is 78.8 Å². The summed E-state index contributed by atoms with van der Waals surface area (Å²) < 4.78 is 6.30. The van der Waals surface area contributed by atoms with Crippen molar-refractivity contribution in [3.63, 3.8) is 0 Å². The number of fused-ring (bicyclic) bond motifs is 5. The molecule has 12 heteroatoms. The van der Waals surface area contributed by atoms with Crippen LogP contribution in [-0.4, -0.2) is 92.1 Å². The van der Waals surface area contributed by atoms with Crippen molar-refractivity contribution in [3.8, 4) is 5.75 Å². The number of amides is 3. The fraction of sp³-hybridized carbons (Fsp3) is 0.531. The van der Waals surface area contributed by atoms with Crippen LogP contribution in [-0.2, 0) is 27.0 Å². The third-order valence-electron chi connectivity index (χ3n) is 15.1. The van der Waals surface area contributed by atoms with Gasteiger partial charge >= 0.3 is 0 Å². The second kappa shape index (κ2) is 16.9. The molecule has 10 rings (SSSR count). The van der Waals surface area contributed by atoms with Gasteiger partial charge in [-0.25, -0.2) is 0 Å². The first-order valence-corrected chi connectivity index (χ1v) is 22.9. The number of hydrogen-bond acceptors (Lipinski definition) is 8. The molecule has 0 bridgehead atoms. The van der Waals surface area contributed by atoms with Crippen molar-refractivity contribution < 1.29 is 23.9 Å². The van der Waals surface area contributed by atoms with Gasteiger partial charge in [0.25, 0.3) is 5.91 Å². The van der Waals surface area contributed by atoms with Crippen LogP contribution in [0, 0.1) is 5.92 Å². The SMILES string of the molecule is CN=C1N(c2cccc(Cl)c2C=O)c2ccc(C3CCN(C4CCC(CN5CCC6(CC5)COc5c6ccc6c5CNC6=O)CC4)CC3)cc2C1(C)C.O=C1CCCC(=O)N1. The van der Waals surface area contributed by atoms with E-state index in [-0.39, 0.29) is 28.6 Å². The Labute approximate surface area is 364 Å². The topological polar surface area (TPSA) is 124 Å². The van der Waals surface area contributed by atoms with Gasteiger partial charge in [-0.05, 0) is 145 Å². The van der Waals surface area contributed by atoms with Gasteiger partial charge in [0.2, 0.25) is 11.8 Å². The third kappa shape index (κ3) is 7.80. The van der Waals surface area contributed by atoms with Gasteiger partial charge in [-0.2, -0.15) is 0 Å². The van der Waals surface area contributed by atoms with E-state index >= 15 is 0 Å². The maximum absolute atomic E-state index is 12.2. The van der Waals surface area contributed by atoms with Gasteiger partial charge in [0.05, 0.1) is 28.6 Å². The highest BCUT2D eigenvalue weighted by Crippen LogP contribution is 2.50. The highest BCUT2D eigenvalue weighted by atomic mass is 35.5. The van der Waals surface area contributed by atoms with E-state index in [1.54, 1.807) is 6.07 Å². The molecule has 0 unspecified atom stereocenters. The number of imide groups is 1. The summed E-state index contributed by atoms with van der Waals surface area (Å²) in [4.78, 5) is 57.4. The largest absolute Gasteiger partial charge is 0.492 e. The smallest absolute Gasteiger partial charge is 0.252 e. The number of rotatable bonds is 6. The number of piperidine rings is 3. The summed E-state index contributed by atoms with van der Waals surface area (Å²) in [5, 5.41) is 5.63. The Bertz CT molecular complexity index is 2240. The van der Waals surface area contributed by atoms with E-state index in [9.17, 15) is 19.2 Å². The van der Waals surface area contributed by atoms with Crippen LogP contribution in [0.3, 0.4) is 0 Å². The van der Waals surface area contributed by atoms with E-state index in [1.807, 2.05) is 25.2 Å². The molecule has 6 heterocycles. The minimum atomic E-state index is -0.297. The number of hydrogen-bond donors (Lipinski definition) is 2. The fourth-order valence-electron chi connectivity index (χ4n) is 11.6. The minimum absolute atomic E-state index is 0.0299.